The second-order valence-electron chi connectivity index (χ2n) is 6.00. The van der Waals surface area contributed by atoms with Crippen LogP contribution in [0.2, 0.25) is 0 Å². The molecule has 21 heavy (non-hydrogen) atoms. The molecule has 0 saturated heterocycles. The van der Waals surface area contributed by atoms with Gasteiger partial charge in [-0.1, -0.05) is 26.8 Å². The number of nitrogens with zero attached hydrogens (tertiary/aromatic N) is 3. The SMILES string of the molecule is CCNc1nc(-c2cccc(C)n2)nc(C(C)(C)C)c1Br. The Morgan fingerprint density at radius 3 is 2.43 bits per heavy atom. The molecule has 0 radical (unpaired) electrons. The summed E-state index contributed by atoms with van der Waals surface area (Å²) < 4.78 is 0.924. The van der Waals surface area contributed by atoms with E-state index >= 15 is 0 Å². The number of halogens is 1. The van der Waals surface area contributed by atoms with E-state index in [0.717, 1.165) is 33.9 Å². The Morgan fingerprint density at radius 2 is 1.86 bits per heavy atom. The number of anilines is 1. The van der Waals surface area contributed by atoms with Gasteiger partial charge >= 0.3 is 0 Å². The van der Waals surface area contributed by atoms with Gasteiger partial charge in [0.25, 0.3) is 0 Å². The molecule has 0 atom stereocenters. The fraction of sp³-hybridized carbons (Fsp3) is 0.438. The highest BCUT2D eigenvalue weighted by molar-refractivity contribution is 9.10. The Bertz CT molecular complexity index is 647. The van der Waals surface area contributed by atoms with E-state index in [1.807, 2.05) is 25.1 Å². The average Bonchev–Trinajstić information content (AvgIpc) is 2.40. The van der Waals surface area contributed by atoms with Crippen LogP contribution in [0.25, 0.3) is 11.5 Å². The van der Waals surface area contributed by atoms with E-state index in [9.17, 15) is 0 Å². The van der Waals surface area contributed by atoms with Crippen molar-refractivity contribution < 1.29 is 0 Å². The second-order valence-corrected chi connectivity index (χ2v) is 6.80. The number of rotatable bonds is 3. The largest absolute Gasteiger partial charge is 0.369 e. The highest BCUT2D eigenvalue weighted by Crippen LogP contribution is 2.34. The molecule has 0 fully saturated rings. The molecule has 2 heterocycles. The molecule has 0 aliphatic heterocycles. The predicted octanol–water partition coefficient (Wildman–Crippen LogP) is 4.34. The highest BCUT2D eigenvalue weighted by atomic mass is 79.9. The lowest BCUT2D eigenvalue weighted by atomic mass is 9.92. The summed E-state index contributed by atoms with van der Waals surface area (Å²) in [6.07, 6.45) is 0. The third-order valence-electron chi connectivity index (χ3n) is 3.02. The van der Waals surface area contributed by atoms with Gasteiger partial charge in [-0.2, -0.15) is 0 Å². The van der Waals surface area contributed by atoms with Crippen LogP contribution in [-0.4, -0.2) is 21.5 Å². The second kappa shape index (κ2) is 6.10. The van der Waals surface area contributed by atoms with Crippen molar-refractivity contribution in [2.75, 3.05) is 11.9 Å². The summed E-state index contributed by atoms with van der Waals surface area (Å²) in [5.74, 6) is 1.47. The van der Waals surface area contributed by atoms with Crippen molar-refractivity contribution in [2.24, 2.45) is 0 Å². The summed E-state index contributed by atoms with van der Waals surface area (Å²) >= 11 is 3.63. The first-order chi connectivity index (χ1) is 9.82. The third kappa shape index (κ3) is 3.59. The summed E-state index contributed by atoms with van der Waals surface area (Å²) in [6.45, 7) is 11.3. The van der Waals surface area contributed by atoms with Crippen molar-refractivity contribution in [3.8, 4) is 11.5 Å². The fourth-order valence-electron chi connectivity index (χ4n) is 2.01. The molecular weight excluding hydrogens is 328 g/mol. The van der Waals surface area contributed by atoms with Crippen molar-refractivity contribution >= 4 is 21.7 Å². The minimum atomic E-state index is -0.0788. The topological polar surface area (TPSA) is 50.7 Å². The fourth-order valence-corrected chi connectivity index (χ4v) is 2.92. The van der Waals surface area contributed by atoms with Gasteiger partial charge < -0.3 is 5.32 Å². The Morgan fingerprint density at radius 1 is 1.14 bits per heavy atom. The van der Waals surface area contributed by atoms with Crippen molar-refractivity contribution in [1.82, 2.24) is 15.0 Å². The maximum atomic E-state index is 4.74. The van der Waals surface area contributed by atoms with Gasteiger partial charge in [-0.25, -0.2) is 15.0 Å². The van der Waals surface area contributed by atoms with Crippen LogP contribution in [0, 0.1) is 6.92 Å². The highest BCUT2D eigenvalue weighted by Gasteiger charge is 2.23. The van der Waals surface area contributed by atoms with E-state index in [4.69, 9.17) is 4.98 Å². The molecule has 2 aromatic heterocycles. The first-order valence-electron chi connectivity index (χ1n) is 7.09. The zero-order chi connectivity index (χ0) is 15.6. The molecular formula is C16H21BrN4. The van der Waals surface area contributed by atoms with E-state index in [0.29, 0.717) is 5.82 Å². The van der Waals surface area contributed by atoms with Crippen LogP contribution < -0.4 is 5.32 Å². The molecule has 112 valence electrons. The summed E-state index contributed by atoms with van der Waals surface area (Å²) in [4.78, 5) is 13.9. The monoisotopic (exact) mass is 348 g/mol. The van der Waals surface area contributed by atoms with Crippen LogP contribution in [0.15, 0.2) is 22.7 Å². The average molecular weight is 349 g/mol. The summed E-state index contributed by atoms with van der Waals surface area (Å²) in [5.41, 5.74) is 2.66. The molecule has 0 aliphatic rings. The van der Waals surface area contributed by atoms with E-state index < -0.39 is 0 Å². The molecule has 5 heteroatoms. The molecule has 1 N–H and O–H groups in total. The first kappa shape index (κ1) is 15.9. The lowest BCUT2D eigenvalue weighted by Crippen LogP contribution is -2.17. The number of aromatic nitrogens is 3. The molecule has 2 rings (SSSR count). The lowest BCUT2D eigenvalue weighted by molar-refractivity contribution is 0.564. The van der Waals surface area contributed by atoms with Crippen molar-refractivity contribution in [3.63, 3.8) is 0 Å². The standard InChI is InChI=1S/C16H21BrN4/c1-6-18-15-12(17)13(16(3,4)5)20-14(21-15)11-9-7-8-10(2)19-11/h7-9H,6H2,1-5H3,(H,18,20,21). The minimum absolute atomic E-state index is 0.0788. The molecule has 0 bridgehead atoms. The molecule has 0 saturated carbocycles. The Labute approximate surface area is 134 Å². The van der Waals surface area contributed by atoms with Gasteiger partial charge in [0, 0.05) is 17.7 Å². The van der Waals surface area contributed by atoms with Crippen molar-refractivity contribution in [2.45, 2.75) is 40.0 Å². The predicted molar refractivity (Wildman–Crippen MR) is 90.6 cm³/mol. The molecule has 0 unspecified atom stereocenters. The van der Waals surface area contributed by atoms with Crippen LogP contribution in [0.3, 0.4) is 0 Å². The number of hydrogen-bond donors (Lipinski definition) is 1. The van der Waals surface area contributed by atoms with Gasteiger partial charge in [0.15, 0.2) is 5.82 Å². The molecule has 0 spiro atoms. The van der Waals surface area contributed by atoms with Gasteiger partial charge in [-0.3, -0.25) is 0 Å². The quantitative estimate of drug-likeness (QED) is 0.896. The third-order valence-corrected chi connectivity index (χ3v) is 3.77. The number of aryl methyl sites for hydroxylation is 1. The Balaban J connectivity index is 2.64. The normalized spacial score (nSPS) is 11.5. The summed E-state index contributed by atoms with van der Waals surface area (Å²) in [7, 11) is 0. The van der Waals surface area contributed by atoms with Gasteiger partial charge in [0.2, 0.25) is 0 Å². The minimum Gasteiger partial charge on any atom is -0.369 e. The zero-order valence-corrected chi connectivity index (χ0v) is 14.7. The molecule has 0 aliphatic carbocycles. The van der Waals surface area contributed by atoms with Crippen molar-refractivity contribution in [3.05, 3.63) is 34.1 Å². The maximum Gasteiger partial charge on any atom is 0.180 e. The van der Waals surface area contributed by atoms with Gasteiger partial charge in [-0.05, 0) is 41.9 Å². The number of hydrogen-bond acceptors (Lipinski definition) is 4. The van der Waals surface area contributed by atoms with Crippen molar-refractivity contribution in [1.29, 1.82) is 0 Å². The zero-order valence-electron chi connectivity index (χ0n) is 13.2. The van der Waals surface area contributed by atoms with Gasteiger partial charge in [0.05, 0.1) is 10.2 Å². The number of pyridine rings is 1. The summed E-state index contributed by atoms with van der Waals surface area (Å²) in [6, 6.07) is 5.89. The van der Waals surface area contributed by atoms with Crippen LogP contribution in [0.5, 0.6) is 0 Å². The smallest absolute Gasteiger partial charge is 0.180 e. The van der Waals surface area contributed by atoms with E-state index in [2.05, 4.69) is 58.9 Å². The van der Waals surface area contributed by atoms with Crippen LogP contribution >= 0.6 is 15.9 Å². The van der Waals surface area contributed by atoms with Crippen LogP contribution in [0.1, 0.15) is 39.1 Å². The Hall–Kier alpha value is -1.49. The van der Waals surface area contributed by atoms with Crippen LogP contribution in [0.4, 0.5) is 5.82 Å². The van der Waals surface area contributed by atoms with Gasteiger partial charge in [-0.15, -0.1) is 0 Å². The Kier molecular flexibility index (Phi) is 4.61. The van der Waals surface area contributed by atoms with E-state index in [-0.39, 0.29) is 5.41 Å². The first-order valence-corrected chi connectivity index (χ1v) is 7.88. The van der Waals surface area contributed by atoms with Crippen LogP contribution in [-0.2, 0) is 5.41 Å². The molecule has 2 aromatic rings. The van der Waals surface area contributed by atoms with E-state index in [1.54, 1.807) is 0 Å². The van der Waals surface area contributed by atoms with Gasteiger partial charge in [0.1, 0.15) is 11.5 Å². The molecule has 0 aromatic carbocycles. The molecule has 4 nitrogen and oxygen atoms in total. The number of nitrogens with one attached hydrogen (secondary N) is 1. The summed E-state index contributed by atoms with van der Waals surface area (Å²) in [5, 5.41) is 3.29. The molecule has 0 amide bonds. The maximum absolute atomic E-state index is 4.74. The lowest BCUT2D eigenvalue weighted by Gasteiger charge is -2.22. The van der Waals surface area contributed by atoms with E-state index in [1.165, 1.54) is 0 Å².